The van der Waals surface area contributed by atoms with Crippen molar-refractivity contribution in [1.82, 2.24) is 4.98 Å². The Morgan fingerprint density at radius 3 is 2.72 bits per heavy atom. The van der Waals surface area contributed by atoms with Crippen LogP contribution in [-0.2, 0) is 0 Å². The highest BCUT2D eigenvalue weighted by Crippen LogP contribution is 2.23. The molecular formula is C23H18BrN3O2. The van der Waals surface area contributed by atoms with Gasteiger partial charge < -0.3 is 9.73 Å². The van der Waals surface area contributed by atoms with Crippen molar-refractivity contribution in [2.45, 2.75) is 13.8 Å². The summed E-state index contributed by atoms with van der Waals surface area (Å²) in [6, 6.07) is 18.6. The maximum absolute atomic E-state index is 13.0. The molecule has 4 rings (SSSR count). The molecule has 144 valence electrons. The second-order valence-electron chi connectivity index (χ2n) is 6.65. The van der Waals surface area contributed by atoms with Crippen molar-refractivity contribution in [3.05, 3.63) is 93.6 Å². The van der Waals surface area contributed by atoms with Gasteiger partial charge in [0.2, 0.25) is 5.55 Å². The Kier molecular flexibility index (Phi) is 5.27. The van der Waals surface area contributed by atoms with Crippen LogP contribution in [0.4, 0.5) is 11.5 Å². The standard InChI is InChI=1S/C23H18BrN3O2/c1-14-6-5-7-19(15(14)2)26-23-18(22(28)27-21-8-3-4-11-25-21)13-16-12-17(24)9-10-20(16)29-23/h3-13H,1-2H3,(H,25,27,28). The van der Waals surface area contributed by atoms with E-state index in [1.54, 1.807) is 24.4 Å². The van der Waals surface area contributed by atoms with Gasteiger partial charge in [-0.1, -0.05) is 34.1 Å². The lowest BCUT2D eigenvalue weighted by molar-refractivity contribution is 0.102. The molecule has 2 aromatic carbocycles. The van der Waals surface area contributed by atoms with Crippen LogP contribution < -0.4 is 10.9 Å². The van der Waals surface area contributed by atoms with E-state index in [1.807, 2.05) is 56.3 Å². The van der Waals surface area contributed by atoms with E-state index in [4.69, 9.17) is 4.42 Å². The summed E-state index contributed by atoms with van der Waals surface area (Å²) in [5.41, 5.74) is 4.15. The predicted molar refractivity (Wildman–Crippen MR) is 117 cm³/mol. The van der Waals surface area contributed by atoms with Gasteiger partial charge in [0.25, 0.3) is 5.91 Å². The van der Waals surface area contributed by atoms with Gasteiger partial charge in [0.05, 0.1) is 5.69 Å². The molecule has 1 amide bonds. The van der Waals surface area contributed by atoms with Crippen molar-refractivity contribution in [2.24, 2.45) is 4.99 Å². The highest BCUT2D eigenvalue weighted by atomic mass is 79.9. The minimum atomic E-state index is -0.335. The van der Waals surface area contributed by atoms with Crippen LogP contribution >= 0.6 is 15.9 Å². The molecule has 0 aliphatic heterocycles. The van der Waals surface area contributed by atoms with E-state index in [0.29, 0.717) is 17.0 Å². The Balaban J connectivity index is 1.90. The number of anilines is 1. The first kappa shape index (κ1) is 19.1. The second kappa shape index (κ2) is 8.01. The first-order chi connectivity index (χ1) is 14.0. The lowest BCUT2D eigenvalue weighted by Crippen LogP contribution is -2.22. The number of aromatic nitrogens is 1. The number of nitrogens with zero attached hydrogens (tertiary/aromatic N) is 2. The molecule has 0 saturated carbocycles. The van der Waals surface area contributed by atoms with E-state index in [2.05, 4.69) is 31.2 Å². The van der Waals surface area contributed by atoms with E-state index >= 15 is 0 Å². The molecule has 0 spiro atoms. The molecule has 0 unspecified atom stereocenters. The fourth-order valence-electron chi connectivity index (χ4n) is 2.93. The molecule has 4 aromatic rings. The zero-order valence-corrected chi connectivity index (χ0v) is 17.5. The average molecular weight is 448 g/mol. The summed E-state index contributed by atoms with van der Waals surface area (Å²) in [7, 11) is 0. The number of amides is 1. The predicted octanol–water partition coefficient (Wildman–Crippen LogP) is 5.69. The summed E-state index contributed by atoms with van der Waals surface area (Å²) < 4.78 is 6.94. The Morgan fingerprint density at radius 2 is 1.93 bits per heavy atom. The molecule has 0 aliphatic rings. The van der Waals surface area contributed by atoms with Crippen LogP contribution in [0.25, 0.3) is 11.0 Å². The molecule has 5 nitrogen and oxygen atoms in total. The maximum atomic E-state index is 13.0. The number of fused-ring (bicyclic) bond motifs is 1. The third kappa shape index (κ3) is 4.12. The molecular weight excluding hydrogens is 430 g/mol. The van der Waals surface area contributed by atoms with Gasteiger partial charge in [-0.2, -0.15) is 0 Å². The molecule has 0 saturated heterocycles. The van der Waals surface area contributed by atoms with Crippen LogP contribution in [0, 0.1) is 13.8 Å². The SMILES string of the molecule is Cc1cccc(N=c2oc3ccc(Br)cc3cc2C(=O)Nc2ccccn2)c1C. The Morgan fingerprint density at radius 1 is 1.07 bits per heavy atom. The van der Waals surface area contributed by atoms with Crippen LogP contribution in [0.3, 0.4) is 0 Å². The third-order valence-corrected chi connectivity index (χ3v) is 5.15. The zero-order valence-electron chi connectivity index (χ0n) is 15.9. The van der Waals surface area contributed by atoms with Crippen LogP contribution in [0.1, 0.15) is 21.5 Å². The number of aryl methyl sites for hydroxylation is 1. The fraction of sp³-hybridized carbons (Fsp3) is 0.0870. The number of carbonyl (C=O) groups is 1. The second-order valence-corrected chi connectivity index (χ2v) is 7.56. The number of benzene rings is 2. The monoisotopic (exact) mass is 447 g/mol. The molecule has 29 heavy (non-hydrogen) atoms. The van der Waals surface area contributed by atoms with Crippen molar-refractivity contribution < 1.29 is 9.21 Å². The number of hydrogen-bond acceptors (Lipinski definition) is 4. The Hall–Kier alpha value is -3.25. The topological polar surface area (TPSA) is 67.5 Å². The van der Waals surface area contributed by atoms with Gasteiger partial charge in [0.15, 0.2) is 0 Å². The molecule has 0 aliphatic carbocycles. The van der Waals surface area contributed by atoms with Gasteiger partial charge in [0.1, 0.15) is 17.0 Å². The Bertz CT molecular complexity index is 1280. The summed E-state index contributed by atoms with van der Waals surface area (Å²) in [5, 5.41) is 3.60. The number of hydrogen-bond donors (Lipinski definition) is 1. The van der Waals surface area contributed by atoms with E-state index < -0.39 is 0 Å². The number of carbonyl (C=O) groups excluding carboxylic acids is 1. The first-order valence-corrected chi connectivity index (χ1v) is 9.87. The van der Waals surface area contributed by atoms with Crippen LogP contribution in [-0.4, -0.2) is 10.9 Å². The smallest absolute Gasteiger partial charge is 0.262 e. The summed E-state index contributed by atoms with van der Waals surface area (Å²) >= 11 is 3.46. The van der Waals surface area contributed by atoms with Gasteiger partial charge in [-0.15, -0.1) is 0 Å². The van der Waals surface area contributed by atoms with Gasteiger partial charge in [-0.05, 0) is 67.4 Å². The summed E-state index contributed by atoms with van der Waals surface area (Å²) in [6.07, 6.45) is 1.62. The fourth-order valence-corrected chi connectivity index (χ4v) is 3.31. The molecule has 0 fully saturated rings. The molecule has 0 atom stereocenters. The van der Waals surface area contributed by atoms with Crippen molar-refractivity contribution in [1.29, 1.82) is 0 Å². The van der Waals surface area contributed by atoms with E-state index in [9.17, 15) is 4.79 Å². The quantitative estimate of drug-likeness (QED) is 0.438. The molecule has 6 heteroatoms. The van der Waals surface area contributed by atoms with Crippen molar-refractivity contribution >= 4 is 44.3 Å². The molecule has 0 radical (unpaired) electrons. The lowest BCUT2D eigenvalue weighted by Gasteiger charge is -2.08. The molecule has 2 aromatic heterocycles. The third-order valence-electron chi connectivity index (χ3n) is 4.66. The summed E-state index contributed by atoms with van der Waals surface area (Å²) in [6.45, 7) is 4.03. The molecule has 1 N–H and O–H groups in total. The minimum absolute atomic E-state index is 0.252. The van der Waals surface area contributed by atoms with Crippen molar-refractivity contribution in [3.8, 4) is 0 Å². The van der Waals surface area contributed by atoms with Gasteiger partial charge >= 0.3 is 0 Å². The number of pyridine rings is 1. The molecule has 2 heterocycles. The van der Waals surface area contributed by atoms with Gasteiger partial charge in [-0.3, -0.25) is 4.79 Å². The normalized spacial score (nSPS) is 11.6. The average Bonchev–Trinajstić information content (AvgIpc) is 2.72. The highest BCUT2D eigenvalue weighted by molar-refractivity contribution is 9.10. The largest absolute Gasteiger partial charge is 0.438 e. The van der Waals surface area contributed by atoms with Crippen molar-refractivity contribution in [2.75, 3.05) is 5.32 Å². The summed E-state index contributed by atoms with van der Waals surface area (Å²) in [4.78, 5) is 21.9. The van der Waals surface area contributed by atoms with Crippen LogP contribution in [0.15, 0.2) is 80.7 Å². The van der Waals surface area contributed by atoms with Gasteiger partial charge in [0, 0.05) is 16.1 Å². The minimum Gasteiger partial charge on any atom is -0.438 e. The summed E-state index contributed by atoms with van der Waals surface area (Å²) in [5.74, 6) is 0.128. The number of halogens is 1. The van der Waals surface area contributed by atoms with Crippen molar-refractivity contribution in [3.63, 3.8) is 0 Å². The first-order valence-electron chi connectivity index (χ1n) is 9.08. The lowest BCUT2D eigenvalue weighted by atomic mass is 10.1. The maximum Gasteiger partial charge on any atom is 0.262 e. The van der Waals surface area contributed by atoms with Crippen LogP contribution in [0.5, 0.6) is 0 Å². The number of rotatable bonds is 3. The highest BCUT2D eigenvalue weighted by Gasteiger charge is 2.14. The number of nitrogens with one attached hydrogen (secondary N) is 1. The van der Waals surface area contributed by atoms with Gasteiger partial charge in [-0.25, -0.2) is 9.98 Å². The van der Waals surface area contributed by atoms with E-state index in [0.717, 1.165) is 26.7 Å². The molecule has 0 bridgehead atoms. The zero-order chi connectivity index (χ0) is 20.4. The van der Waals surface area contributed by atoms with E-state index in [1.165, 1.54) is 0 Å². The van der Waals surface area contributed by atoms with Crippen LogP contribution in [0.2, 0.25) is 0 Å². The van der Waals surface area contributed by atoms with E-state index in [-0.39, 0.29) is 11.5 Å². The Labute approximate surface area is 176 Å².